The lowest BCUT2D eigenvalue weighted by atomic mass is 9.89. The smallest absolute Gasteiger partial charge is 0.398 e. The average Bonchev–Trinajstić information content (AvgIpc) is 2.38. The van der Waals surface area contributed by atoms with E-state index in [2.05, 4.69) is 0 Å². The van der Waals surface area contributed by atoms with Crippen molar-refractivity contribution in [1.29, 1.82) is 0 Å². The molecule has 0 saturated carbocycles. The van der Waals surface area contributed by atoms with Crippen LogP contribution in [0, 0.1) is 5.92 Å². The van der Waals surface area contributed by atoms with Gasteiger partial charge in [-0.2, -0.15) is 24.9 Å². The Bertz CT molecular complexity index is 444. The standard InChI is InChI=1S/C13H16F3NOS/c14-13(15,16)10-3-1-2-9(11(10)17)12(18)8-4-6-19-7-5-8/h1-3,8,12,18H,4-7,17H2. The monoisotopic (exact) mass is 291 g/mol. The molecule has 0 aliphatic carbocycles. The summed E-state index contributed by atoms with van der Waals surface area (Å²) in [4.78, 5) is 0. The number of rotatable bonds is 2. The van der Waals surface area contributed by atoms with Crippen LogP contribution in [0.1, 0.15) is 30.1 Å². The molecule has 0 aromatic heterocycles. The van der Waals surface area contributed by atoms with Crippen LogP contribution in [-0.4, -0.2) is 16.6 Å². The Hall–Kier alpha value is -0.880. The van der Waals surface area contributed by atoms with Gasteiger partial charge in [0.2, 0.25) is 0 Å². The van der Waals surface area contributed by atoms with E-state index < -0.39 is 17.8 Å². The maximum Gasteiger partial charge on any atom is 0.418 e. The predicted octanol–water partition coefficient (Wildman–Crippen LogP) is 3.46. The van der Waals surface area contributed by atoms with Gasteiger partial charge in [-0.15, -0.1) is 0 Å². The molecule has 1 aromatic rings. The molecule has 1 heterocycles. The first kappa shape index (κ1) is 14.5. The summed E-state index contributed by atoms with van der Waals surface area (Å²) in [6.07, 6.45) is -3.78. The van der Waals surface area contributed by atoms with Crippen molar-refractivity contribution in [3.63, 3.8) is 0 Å². The molecule has 0 radical (unpaired) electrons. The lowest BCUT2D eigenvalue weighted by Crippen LogP contribution is -2.20. The van der Waals surface area contributed by atoms with Gasteiger partial charge >= 0.3 is 6.18 Å². The van der Waals surface area contributed by atoms with E-state index in [1.165, 1.54) is 12.1 Å². The first-order valence-electron chi connectivity index (χ1n) is 6.12. The topological polar surface area (TPSA) is 46.2 Å². The van der Waals surface area contributed by atoms with Gasteiger partial charge in [0.05, 0.1) is 11.7 Å². The molecular formula is C13H16F3NOS. The highest BCUT2D eigenvalue weighted by molar-refractivity contribution is 7.99. The van der Waals surface area contributed by atoms with E-state index in [0.717, 1.165) is 30.4 Å². The van der Waals surface area contributed by atoms with Crippen molar-refractivity contribution in [1.82, 2.24) is 0 Å². The van der Waals surface area contributed by atoms with Crippen molar-refractivity contribution < 1.29 is 18.3 Å². The molecule has 1 unspecified atom stereocenters. The van der Waals surface area contributed by atoms with E-state index >= 15 is 0 Å². The van der Waals surface area contributed by atoms with Gasteiger partial charge in [0.1, 0.15) is 0 Å². The second kappa shape index (κ2) is 5.63. The Morgan fingerprint density at radius 3 is 2.47 bits per heavy atom. The fourth-order valence-corrected chi connectivity index (χ4v) is 3.52. The Kier molecular flexibility index (Phi) is 4.30. The molecule has 19 heavy (non-hydrogen) atoms. The Balaban J connectivity index is 2.29. The lowest BCUT2D eigenvalue weighted by Gasteiger charge is -2.28. The minimum absolute atomic E-state index is 0.00738. The van der Waals surface area contributed by atoms with Crippen LogP contribution in [-0.2, 0) is 6.18 Å². The van der Waals surface area contributed by atoms with Gasteiger partial charge in [0, 0.05) is 11.3 Å². The summed E-state index contributed by atoms with van der Waals surface area (Å²) in [6.45, 7) is 0. The number of alkyl halides is 3. The van der Waals surface area contributed by atoms with Crippen molar-refractivity contribution in [3.05, 3.63) is 29.3 Å². The number of nitrogens with two attached hydrogens (primary N) is 1. The van der Waals surface area contributed by atoms with Crippen molar-refractivity contribution in [3.8, 4) is 0 Å². The molecule has 106 valence electrons. The maximum absolute atomic E-state index is 12.8. The Labute approximate surface area is 114 Å². The third-order valence-corrected chi connectivity index (χ3v) is 4.53. The number of aliphatic hydroxyl groups excluding tert-OH is 1. The van der Waals surface area contributed by atoms with Crippen LogP contribution in [0.15, 0.2) is 18.2 Å². The molecule has 1 aliphatic rings. The molecule has 0 spiro atoms. The number of nitrogen functional groups attached to an aromatic ring is 1. The van der Waals surface area contributed by atoms with Crippen LogP contribution in [0.2, 0.25) is 0 Å². The van der Waals surface area contributed by atoms with Crippen LogP contribution in [0.3, 0.4) is 0 Å². The fourth-order valence-electron chi connectivity index (χ4n) is 2.37. The van der Waals surface area contributed by atoms with Gasteiger partial charge in [0.25, 0.3) is 0 Å². The van der Waals surface area contributed by atoms with Crippen LogP contribution in [0.5, 0.6) is 0 Å². The van der Waals surface area contributed by atoms with Crippen molar-refractivity contribution >= 4 is 17.4 Å². The lowest BCUT2D eigenvalue weighted by molar-refractivity contribution is -0.137. The summed E-state index contributed by atoms with van der Waals surface area (Å²) in [5.74, 6) is 1.85. The van der Waals surface area contributed by atoms with Crippen LogP contribution < -0.4 is 5.73 Å². The molecule has 6 heteroatoms. The van der Waals surface area contributed by atoms with Crippen LogP contribution in [0.4, 0.5) is 18.9 Å². The van der Waals surface area contributed by atoms with Crippen molar-refractivity contribution in [2.45, 2.75) is 25.1 Å². The largest absolute Gasteiger partial charge is 0.418 e. The second-order valence-corrected chi connectivity index (χ2v) is 5.93. The summed E-state index contributed by atoms with van der Waals surface area (Å²) in [5, 5.41) is 10.3. The van der Waals surface area contributed by atoms with Crippen molar-refractivity contribution in [2.75, 3.05) is 17.2 Å². The summed E-state index contributed by atoms with van der Waals surface area (Å²) in [7, 11) is 0. The van der Waals surface area contributed by atoms with E-state index in [1.54, 1.807) is 11.8 Å². The third kappa shape index (κ3) is 3.17. The van der Waals surface area contributed by atoms with Gasteiger partial charge < -0.3 is 10.8 Å². The zero-order valence-electron chi connectivity index (χ0n) is 10.3. The van der Waals surface area contributed by atoms with Gasteiger partial charge in [-0.25, -0.2) is 0 Å². The van der Waals surface area contributed by atoms with Crippen LogP contribution in [0.25, 0.3) is 0 Å². The zero-order chi connectivity index (χ0) is 14.0. The molecule has 1 fully saturated rings. The number of hydrogen-bond donors (Lipinski definition) is 2. The third-order valence-electron chi connectivity index (χ3n) is 3.48. The van der Waals surface area contributed by atoms with Gasteiger partial charge in [-0.3, -0.25) is 0 Å². The fraction of sp³-hybridized carbons (Fsp3) is 0.538. The summed E-state index contributed by atoms with van der Waals surface area (Å²) in [5.41, 5.74) is 4.58. The first-order valence-corrected chi connectivity index (χ1v) is 7.28. The van der Waals surface area contributed by atoms with Crippen LogP contribution >= 0.6 is 11.8 Å². The highest BCUT2D eigenvalue weighted by Gasteiger charge is 2.35. The number of hydrogen-bond acceptors (Lipinski definition) is 3. The first-order chi connectivity index (χ1) is 8.91. The Morgan fingerprint density at radius 1 is 1.26 bits per heavy atom. The number of para-hydroxylation sites is 1. The van der Waals surface area contributed by atoms with E-state index in [1.807, 2.05) is 0 Å². The Morgan fingerprint density at radius 2 is 1.89 bits per heavy atom. The number of thioether (sulfide) groups is 1. The number of aliphatic hydroxyl groups is 1. The normalized spacial score (nSPS) is 19.4. The highest BCUT2D eigenvalue weighted by Crippen LogP contribution is 2.40. The van der Waals surface area contributed by atoms with E-state index in [0.29, 0.717) is 0 Å². The van der Waals surface area contributed by atoms with E-state index in [-0.39, 0.29) is 17.2 Å². The molecule has 0 bridgehead atoms. The molecule has 0 amide bonds. The summed E-state index contributed by atoms with van der Waals surface area (Å²) in [6, 6.07) is 3.73. The van der Waals surface area contributed by atoms with Gasteiger partial charge in [-0.1, -0.05) is 12.1 Å². The minimum atomic E-state index is -4.48. The molecule has 3 N–H and O–H groups in total. The molecule has 2 rings (SSSR count). The molecule has 2 nitrogen and oxygen atoms in total. The second-order valence-electron chi connectivity index (χ2n) is 4.70. The number of anilines is 1. The minimum Gasteiger partial charge on any atom is -0.398 e. The summed E-state index contributed by atoms with van der Waals surface area (Å²) < 4.78 is 38.3. The SMILES string of the molecule is Nc1c(C(O)C2CCSCC2)cccc1C(F)(F)F. The molecule has 1 saturated heterocycles. The molecule has 1 atom stereocenters. The van der Waals surface area contributed by atoms with Gasteiger partial charge in [-0.05, 0) is 36.3 Å². The summed E-state index contributed by atoms with van der Waals surface area (Å²) >= 11 is 1.80. The van der Waals surface area contributed by atoms with E-state index in [4.69, 9.17) is 5.73 Å². The van der Waals surface area contributed by atoms with Crippen molar-refractivity contribution in [2.24, 2.45) is 5.92 Å². The zero-order valence-corrected chi connectivity index (χ0v) is 11.1. The molecule has 1 aliphatic heterocycles. The number of benzene rings is 1. The number of halogens is 3. The highest BCUT2D eigenvalue weighted by atomic mass is 32.2. The molecule has 1 aromatic carbocycles. The van der Waals surface area contributed by atoms with E-state index in [9.17, 15) is 18.3 Å². The average molecular weight is 291 g/mol. The maximum atomic E-state index is 12.8. The van der Waals surface area contributed by atoms with Gasteiger partial charge in [0.15, 0.2) is 0 Å². The predicted molar refractivity (Wildman–Crippen MR) is 70.9 cm³/mol. The quantitative estimate of drug-likeness (QED) is 0.820. The molecular weight excluding hydrogens is 275 g/mol.